The van der Waals surface area contributed by atoms with E-state index in [0.717, 1.165) is 0 Å². The van der Waals surface area contributed by atoms with Gasteiger partial charge >= 0.3 is 0 Å². The van der Waals surface area contributed by atoms with Crippen molar-refractivity contribution in [1.82, 2.24) is 15.5 Å². The fraction of sp³-hybridized carbons (Fsp3) is 0.833. The molecule has 0 spiro atoms. The standard InChI is InChI=1S/C12H19F2N3O2/c1-7(2)17-5-8(3-10(17)18)16-11(19)9-4-12(13,14)6-15-9/h7-9,15H,3-6H2,1-2H3,(H,16,19). The zero-order valence-electron chi connectivity index (χ0n) is 11.1. The highest BCUT2D eigenvalue weighted by Gasteiger charge is 2.43. The predicted octanol–water partition coefficient (Wildman–Crippen LogP) is 0.109. The molecule has 2 aliphatic rings. The van der Waals surface area contributed by atoms with E-state index in [4.69, 9.17) is 0 Å². The van der Waals surface area contributed by atoms with Crippen molar-refractivity contribution in [2.24, 2.45) is 0 Å². The summed E-state index contributed by atoms with van der Waals surface area (Å²) in [5.74, 6) is -3.28. The number of nitrogens with zero attached hydrogens (tertiary/aromatic N) is 1. The molecular formula is C12H19F2N3O2. The molecule has 0 saturated carbocycles. The van der Waals surface area contributed by atoms with Crippen LogP contribution in [-0.2, 0) is 9.59 Å². The summed E-state index contributed by atoms with van der Waals surface area (Å²) in [5.41, 5.74) is 0. The van der Waals surface area contributed by atoms with Crippen molar-refractivity contribution >= 4 is 11.8 Å². The largest absolute Gasteiger partial charge is 0.350 e. The van der Waals surface area contributed by atoms with Crippen LogP contribution >= 0.6 is 0 Å². The lowest BCUT2D eigenvalue weighted by Crippen LogP contribution is -2.46. The maximum Gasteiger partial charge on any atom is 0.262 e. The van der Waals surface area contributed by atoms with E-state index in [-0.39, 0.29) is 24.4 Å². The number of carbonyl (C=O) groups excluding carboxylic acids is 2. The Labute approximate surface area is 110 Å². The van der Waals surface area contributed by atoms with Crippen molar-refractivity contribution in [3.8, 4) is 0 Å². The third-order valence-electron chi connectivity index (χ3n) is 3.55. The molecule has 2 N–H and O–H groups in total. The fourth-order valence-electron chi connectivity index (χ4n) is 2.53. The highest BCUT2D eigenvalue weighted by molar-refractivity contribution is 5.85. The summed E-state index contributed by atoms with van der Waals surface area (Å²) in [4.78, 5) is 25.2. The van der Waals surface area contributed by atoms with Crippen molar-refractivity contribution in [2.45, 2.75) is 50.7 Å². The minimum Gasteiger partial charge on any atom is -0.350 e. The number of carbonyl (C=O) groups is 2. The summed E-state index contributed by atoms with van der Waals surface area (Å²) < 4.78 is 26.0. The van der Waals surface area contributed by atoms with Gasteiger partial charge in [0, 0.05) is 25.4 Å². The van der Waals surface area contributed by atoms with Crippen LogP contribution in [0.25, 0.3) is 0 Å². The molecule has 2 fully saturated rings. The van der Waals surface area contributed by atoms with E-state index >= 15 is 0 Å². The van der Waals surface area contributed by atoms with Crippen molar-refractivity contribution < 1.29 is 18.4 Å². The van der Waals surface area contributed by atoms with E-state index < -0.39 is 30.8 Å². The van der Waals surface area contributed by atoms with E-state index in [1.807, 2.05) is 13.8 Å². The lowest BCUT2D eigenvalue weighted by Gasteiger charge is -2.21. The molecule has 108 valence electrons. The molecule has 2 heterocycles. The molecule has 0 bridgehead atoms. The first-order valence-electron chi connectivity index (χ1n) is 6.49. The van der Waals surface area contributed by atoms with Crippen LogP contribution < -0.4 is 10.6 Å². The Morgan fingerprint density at radius 3 is 2.68 bits per heavy atom. The fourth-order valence-corrected chi connectivity index (χ4v) is 2.53. The molecule has 0 radical (unpaired) electrons. The number of amides is 2. The number of nitrogens with one attached hydrogen (secondary N) is 2. The Hall–Kier alpha value is -1.24. The molecular weight excluding hydrogens is 256 g/mol. The lowest BCUT2D eigenvalue weighted by molar-refractivity contribution is -0.129. The van der Waals surface area contributed by atoms with Crippen LogP contribution in [0.15, 0.2) is 0 Å². The molecule has 2 aliphatic heterocycles. The van der Waals surface area contributed by atoms with Crippen molar-refractivity contribution in [2.75, 3.05) is 13.1 Å². The molecule has 2 amide bonds. The zero-order chi connectivity index (χ0) is 14.2. The van der Waals surface area contributed by atoms with Crippen LogP contribution in [0.5, 0.6) is 0 Å². The van der Waals surface area contributed by atoms with Crippen LogP contribution in [0, 0.1) is 0 Å². The first kappa shape index (κ1) is 14.2. The second-order valence-corrected chi connectivity index (χ2v) is 5.54. The van der Waals surface area contributed by atoms with Crippen LogP contribution in [0.1, 0.15) is 26.7 Å². The number of rotatable bonds is 3. The molecule has 0 aromatic heterocycles. The third kappa shape index (κ3) is 3.20. The summed E-state index contributed by atoms with van der Waals surface area (Å²) in [7, 11) is 0. The van der Waals surface area contributed by atoms with Crippen LogP contribution in [-0.4, -0.2) is 53.9 Å². The lowest BCUT2D eigenvalue weighted by atomic mass is 10.1. The highest BCUT2D eigenvalue weighted by Crippen LogP contribution is 2.25. The van der Waals surface area contributed by atoms with E-state index in [9.17, 15) is 18.4 Å². The van der Waals surface area contributed by atoms with Crippen molar-refractivity contribution in [3.63, 3.8) is 0 Å². The molecule has 19 heavy (non-hydrogen) atoms. The van der Waals surface area contributed by atoms with Gasteiger partial charge in [-0.3, -0.25) is 14.9 Å². The second-order valence-electron chi connectivity index (χ2n) is 5.54. The van der Waals surface area contributed by atoms with Gasteiger partial charge in [-0.1, -0.05) is 0 Å². The normalized spacial score (nSPS) is 30.2. The summed E-state index contributed by atoms with van der Waals surface area (Å²) in [5, 5.41) is 5.18. The van der Waals surface area contributed by atoms with Gasteiger partial charge in [-0.15, -0.1) is 0 Å². The Kier molecular flexibility index (Phi) is 3.75. The summed E-state index contributed by atoms with van der Waals surface area (Å²) in [6.07, 6.45) is -0.236. The average molecular weight is 275 g/mol. The number of halogens is 2. The van der Waals surface area contributed by atoms with E-state index in [1.54, 1.807) is 4.90 Å². The Morgan fingerprint density at radius 1 is 1.53 bits per heavy atom. The third-order valence-corrected chi connectivity index (χ3v) is 3.55. The van der Waals surface area contributed by atoms with Crippen LogP contribution in [0.4, 0.5) is 8.78 Å². The summed E-state index contributed by atoms with van der Waals surface area (Å²) >= 11 is 0. The van der Waals surface area contributed by atoms with E-state index in [0.29, 0.717) is 6.54 Å². The Bertz CT molecular complexity index is 387. The number of likely N-dealkylation sites (tertiary alicyclic amines) is 1. The SMILES string of the molecule is CC(C)N1CC(NC(=O)C2CC(F)(F)CN2)CC1=O. The van der Waals surface area contributed by atoms with Gasteiger partial charge in [-0.2, -0.15) is 0 Å². The molecule has 0 aliphatic carbocycles. The van der Waals surface area contributed by atoms with Gasteiger partial charge < -0.3 is 10.2 Å². The summed E-state index contributed by atoms with van der Waals surface area (Å²) in [6.45, 7) is 3.79. The van der Waals surface area contributed by atoms with Gasteiger partial charge in [0.2, 0.25) is 11.8 Å². The van der Waals surface area contributed by atoms with Gasteiger partial charge in [-0.25, -0.2) is 8.78 Å². The number of hydrogen-bond acceptors (Lipinski definition) is 3. The average Bonchev–Trinajstić information content (AvgIpc) is 2.81. The summed E-state index contributed by atoms with van der Waals surface area (Å²) in [6, 6.07) is -1.06. The molecule has 2 rings (SSSR count). The van der Waals surface area contributed by atoms with Gasteiger partial charge in [0.05, 0.1) is 18.6 Å². The van der Waals surface area contributed by atoms with Crippen LogP contribution in [0.2, 0.25) is 0 Å². The number of hydrogen-bond donors (Lipinski definition) is 2. The topological polar surface area (TPSA) is 61.4 Å². The predicted molar refractivity (Wildman–Crippen MR) is 64.8 cm³/mol. The minimum absolute atomic E-state index is 0.00925. The first-order valence-corrected chi connectivity index (χ1v) is 6.49. The smallest absolute Gasteiger partial charge is 0.262 e. The molecule has 0 aromatic rings. The van der Waals surface area contributed by atoms with Gasteiger partial charge in [-0.05, 0) is 13.8 Å². The molecule has 2 saturated heterocycles. The maximum absolute atomic E-state index is 13.0. The van der Waals surface area contributed by atoms with Gasteiger partial charge in [0.1, 0.15) is 0 Å². The number of alkyl halides is 2. The molecule has 2 unspecified atom stereocenters. The second kappa shape index (κ2) is 5.03. The first-order chi connectivity index (χ1) is 8.78. The Balaban J connectivity index is 1.86. The zero-order valence-corrected chi connectivity index (χ0v) is 11.1. The van der Waals surface area contributed by atoms with E-state index in [1.165, 1.54) is 0 Å². The molecule has 0 aromatic carbocycles. The van der Waals surface area contributed by atoms with Crippen molar-refractivity contribution in [1.29, 1.82) is 0 Å². The van der Waals surface area contributed by atoms with Gasteiger partial charge in [0.15, 0.2) is 0 Å². The minimum atomic E-state index is -2.82. The van der Waals surface area contributed by atoms with Crippen LogP contribution in [0.3, 0.4) is 0 Å². The highest BCUT2D eigenvalue weighted by atomic mass is 19.3. The quantitative estimate of drug-likeness (QED) is 0.768. The Morgan fingerprint density at radius 2 is 2.21 bits per heavy atom. The molecule has 2 atom stereocenters. The van der Waals surface area contributed by atoms with Gasteiger partial charge in [0.25, 0.3) is 5.92 Å². The van der Waals surface area contributed by atoms with Crippen molar-refractivity contribution in [3.05, 3.63) is 0 Å². The monoisotopic (exact) mass is 275 g/mol. The van der Waals surface area contributed by atoms with E-state index in [2.05, 4.69) is 10.6 Å². The molecule has 5 nitrogen and oxygen atoms in total. The maximum atomic E-state index is 13.0. The molecule has 7 heteroatoms.